The van der Waals surface area contributed by atoms with Crippen LogP contribution in [0.3, 0.4) is 0 Å². The Kier molecular flexibility index (Phi) is 17.2. The zero-order chi connectivity index (χ0) is 22.2. The Bertz CT molecular complexity index is 675. The van der Waals surface area contributed by atoms with Crippen molar-refractivity contribution in [1.29, 1.82) is 0 Å². The number of ether oxygens (including phenoxy) is 2. The topological polar surface area (TPSA) is 105 Å². The molecule has 0 aliphatic carbocycles. The van der Waals surface area contributed by atoms with E-state index in [1.54, 1.807) is 72.1 Å². The molecule has 0 spiro atoms. The van der Waals surface area contributed by atoms with E-state index < -0.39 is 11.9 Å². The van der Waals surface area contributed by atoms with Crippen molar-refractivity contribution >= 4 is 35.5 Å². The van der Waals surface area contributed by atoms with Crippen LogP contribution in [0.2, 0.25) is 0 Å². The van der Waals surface area contributed by atoms with Gasteiger partial charge < -0.3 is 20.9 Å². The van der Waals surface area contributed by atoms with Gasteiger partial charge in [0.15, 0.2) is 11.9 Å². The molecule has 2 rings (SSSR count). The van der Waals surface area contributed by atoms with Crippen molar-refractivity contribution in [3.8, 4) is 11.5 Å². The molecular formula is C22H26N2O4S2Ti. The summed E-state index contributed by atoms with van der Waals surface area (Å²) >= 11 is 3.28. The van der Waals surface area contributed by atoms with Gasteiger partial charge in [-0.25, -0.2) is 12.1 Å². The molecule has 0 amide bonds. The number of rotatable bonds is 10. The van der Waals surface area contributed by atoms with Crippen molar-refractivity contribution in [2.45, 2.75) is 12.8 Å². The van der Waals surface area contributed by atoms with E-state index in [1.165, 1.54) is 0 Å². The maximum atomic E-state index is 11.4. The van der Waals surface area contributed by atoms with Crippen molar-refractivity contribution in [2.75, 3.05) is 24.0 Å². The Morgan fingerprint density at radius 1 is 0.806 bits per heavy atom. The van der Waals surface area contributed by atoms with E-state index in [-0.39, 0.29) is 33.8 Å². The second-order valence-corrected chi connectivity index (χ2v) is 7.76. The number of carbonyl (C=O) groups is 2. The second kappa shape index (κ2) is 18.1. The van der Waals surface area contributed by atoms with Gasteiger partial charge in [-0.2, -0.15) is 59.9 Å². The van der Waals surface area contributed by atoms with Crippen molar-refractivity contribution in [1.82, 2.24) is 0 Å². The summed E-state index contributed by atoms with van der Waals surface area (Å²) in [7, 11) is 0. The Morgan fingerprint density at radius 2 is 1.13 bits per heavy atom. The fourth-order valence-corrected chi connectivity index (χ4v) is 2.70. The number of thioether (sulfide) groups is 2. The molecule has 0 saturated heterocycles. The van der Waals surface area contributed by atoms with E-state index in [0.29, 0.717) is 24.3 Å². The molecule has 0 bridgehead atoms. The standard InChI is InChI=1S/2C11H13NO2S.Ti/c2*1-15-8-7-10(12)11(13)14-9-5-3-2-4-6-9;/h2*3-6H,7-8,12H2,1H3;/q2*-2;+4. The summed E-state index contributed by atoms with van der Waals surface area (Å²) in [6, 6.07) is 19.6. The summed E-state index contributed by atoms with van der Waals surface area (Å²) in [5.74, 6) is 1.70. The smallest absolute Gasteiger partial charge is 0.476 e. The average Bonchev–Trinajstić information content (AvgIpc) is 2.77. The van der Waals surface area contributed by atoms with Gasteiger partial charge in [-0.05, 0) is 24.0 Å². The zero-order valence-corrected chi connectivity index (χ0v) is 20.7. The van der Waals surface area contributed by atoms with Gasteiger partial charge in [-0.3, -0.25) is 9.59 Å². The molecule has 0 aliphatic rings. The van der Waals surface area contributed by atoms with Gasteiger partial charge in [-0.1, -0.05) is 0 Å². The number of nitrogens with two attached hydrogens (primary N) is 2. The normalized spacial score (nSPS) is 9.42. The predicted molar refractivity (Wildman–Crippen MR) is 123 cm³/mol. The zero-order valence-electron chi connectivity index (χ0n) is 17.6. The summed E-state index contributed by atoms with van der Waals surface area (Å²) in [5, 5.41) is 0. The minimum Gasteiger partial charge on any atom is -0.476 e. The monoisotopic (exact) mass is 494 g/mol. The first kappa shape index (κ1) is 29.5. The summed E-state index contributed by atoms with van der Waals surface area (Å²) < 4.78 is 10.1. The molecule has 0 heterocycles. The molecular weight excluding hydrogens is 468 g/mol. The summed E-state index contributed by atoms with van der Waals surface area (Å²) in [5.41, 5.74) is 11.1. The Hall–Kier alpha value is -1.55. The van der Waals surface area contributed by atoms with Gasteiger partial charge in [0, 0.05) is 11.5 Å². The third kappa shape index (κ3) is 13.5. The molecule has 0 radical (unpaired) electrons. The number of carbonyl (C=O) groups excluding carboxylic acids is 2. The van der Waals surface area contributed by atoms with Gasteiger partial charge in [0.25, 0.3) is 0 Å². The Morgan fingerprint density at radius 3 is 1.42 bits per heavy atom. The molecule has 0 saturated carbocycles. The van der Waals surface area contributed by atoms with Gasteiger partial charge in [0.1, 0.15) is 0 Å². The molecule has 31 heavy (non-hydrogen) atoms. The molecule has 164 valence electrons. The maximum Gasteiger partial charge on any atom is 4.00 e. The fourth-order valence-electron chi connectivity index (χ4n) is 1.85. The van der Waals surface area contributed by atoms with Crippen LogP contribution in [0, 0.1) is 24.2 Å². The number of esters is 2. The summed E-state index contributed by atoms with van der Waals surface area (Å²) in [6.07, 6.45) is 5.04. The van der Waals surface area contributed by atoms with Crippen LogP contribution in [0.5, 0.6) is 11.5 Å². The van der Waals surface area contributed by atoms with Crippen LogP contribution in [0.25, 0.3) is 0 Å². The molecule has 9 heteroatoms. The molecule has 2 aromatic rings. The van der Waals surface area contributed by atoms with Crippen LogP contribution in [-0.4, -0.2) is 36.0 Å². The van der Waals surface area contributed by atoms with Crippen LogP contribution in [0.4, 0.5) is 0 Å². The summed E-state index contributed by atoms with van der Waals surface area (Å²) in [4.78, 5) is 22.8. The molecule has 0 aromatic heterocycles. The fraction of sp³-hybridized carbons (Fsp3) is 0.273. The van der Waals surface area contributed by atoms with Gasteiger partial charge >= 0.3 is 21.7 Å². The first-order chi connectivity index (χ1) is 14.5. The van der Waals surface area contributed by atoms with Crippen molar-refractivity contribution in [3.05, 3.63) is 72.7 Å². The van der Waals surface area contributed by atoms with Crippen molar-refractivity contribution < 1.29 is 40.8 Å². The van der Waals surface area contributed by atoms with Gasteiger partial charge in [0.2, 0.25) is 0 Å². The first-order valence-electron chi connectivity index (χ1n) is 9.05. The third-order valence-electron chi connectivity index (χ3n) is 3.47. The number of hydrogen-bond acceptors (Lipinski definition) is 8. The van der Waals surface area contributed by atoms with Crippen molar-refractivity contribution in [3.63, 3.8) is 0 Å². The minimum atomic E-state index is -0.463. The average molecular weight is 494 g/mol. The van der Waals surface area contributed by atoms with E-state index in [4.69, 9.17) is 20.9 Å². The van der Waals surface area contributed by atoms with E-state index in [1.807, 2.05) is 12.5 Å². The molecule has 6 nitrogen and oxygen atoms in total. The van der Waals surface area contributed by atoms with Gasteiger partial charge in [0.05, 0.1) is 0 Å². The largest absolute Gasteiger partial charge is 4.00 e. The van der Waals surface area contributed by atoms with Crippen molar-refractivity contribution in [2.24, 2.45) is 11.5 Å². The van der Waals surface area contributed by atoms with E-state index in [9.17, 15) is 9.59 Å². The molecule has 0 aliphatic heterocycles. The van der Waals surface area contributed by atoms with E-state index in [0.717, 1.165) is 11.5 Å². The van der Waals surface area contributed by atoms with E-state index >= 15 is 0 Å². The van der Waals surface area contributed by atoms with Crippen LogP contribution in [0.15, 0.2) is 48.5 Å². The number of hydrogen-bond donors (Lipinski definition) is 2. The first-order valence-corrected chi connectivity index (χ1v) is 11.8. The third-order valence-corrected chi connectivity index (χ3v) is 4.70. The quantitative estimate of drug-likeness (QED) is 0.225. The Labute approximate surface area is 208 Å². The molecule has 2 aromatic carbocycles. The molecule has 4 N–H and O–H groups in total. The summed E-state index contributed by atoms with van der Waals surface area (Å²) in [6.45, 7) is 0. The predicted octanol–water partition coefficient (Wildman–Crippen LogP) is 3.27. The minimum absolute atomic E-state index is 0. The van der Waals surface area contributed by atoms with Crippen LogP contribution < -0.4 is 20.9 Å². The molecule has 0 fully saturated rings. The molecule has 0 unspecified atom stereocenters. The maximum absolute atomic E-state index is 11.4. The van der Waals surface area contributed by atoms with Crippen LogP contribution in [-0.2, 0) is 31.3 Å². The van der Waals surface area contributed by atoms with E-state index in [2.05, 4.69) is 12.1 Å². The molecule has 0 atom stereocenters. The SMILES string of the molecule is CSCC[C-](N)C(=O)Oc1cc[c-]cc1.CSCC[C-](N)C(=O)Oc1cc[c-]cc1.[Ti+4]. The van der Waals surface area contributed by atoms with Crippen LogP contribution >= 0.6 is 23.5 Å². The second-order valence-electron chi connectivity index (χ2n) is 5.79. The van der Waals surface area contributed by atoms with Gasteiger partial charge in [-0.15, -0.1) is 37.1 Å². The number of benzene rings is 2. The van der Waals surface area contributed by atoms with Crippen LogP contribution in [0.1, 0.15) is 12.8 Å². The Balaban J connectivity index is 0.000000562.